The van der Waals surface area contributed by atoms with Crippen LogP contribution in [0.5, 0.6) is 0 Å². The molecule has 1 unspecified atom stereocenters. The lowest BCUT2D eigenvalue weighted by molar-refractivity contribution is -0.141. The van der Waals surface area contributed by atoms with Gasteiger partial charge >= 0.3 is 0 Å². The van der Waals surface area contributed by atoms with Gasteiger partial charge in [0.25, 0.3) is 5.91 Å². The molecule has 1 aromatic heterocycles. The summed E-state index contributed by atoms with van der Waals surface area (Å²) < 4.78 is 5.46. The number of carbonyl (C=O) groups excluding carboxylic acids is 1. The molecule has 108 valence electrons. The summed E-state index contributed by atoms with van der Waals surface area (Å²) in [6.45, 7) is 3.64. The van der Waals surface area contributed by atoms with Crippen molar-refractivity contribution in [3.05, 3.63) is 18.3 Å². The van der Waals surface area contributed by atoms with Gasteiger partial charge < -0.3 is 20.3 Å². The number of anilines is 2. The minimum absolute atomic E-state index is 0.135. The normalized spacial score (nSPS) is 23.1. The quantitative estimate of drug-likeness (QED) is 0.851. The minimum atomic E-state index is -0.221. The summed E-state index contributed by atoms with van der Waals surface area (Å²) in [5, 5.41) is 0. The molecule has 2 saturated heterocycles. The average Bonchev–Trinajstić information content (AvgIpc) is 3.01. The third-order valence-corrected chi connectivity index (χ3v) is 3.91. The van der Waals surface area contributed by atoms with Crippen molar-refractivity contribution in [3.63, 3.8) is 0 Å². The van der Waals surface area contributed by atoms with E-state index in [0.29, 0.717) is 25.4 Å². The van der Waals surface area contributed by atoms with Gasteiger partial charge in [0, 0.05) is 39.0 Å². The first-order chi connectivity index (χ1) is 9.75. The van der Waals surface area contributed by atoms with Crippen LogP contribution in [0.4, 0.5) is 11.5 Å². The number of nitrogen functional groups attached to an aromatic ring is 1. The van der Waals surface area contributed by atoms with Gasteiger partial charge in [0.05, 0.1) is 5.69 Å². The summed E-state index contributed by atoms with van der Waals surface area (Å²) in [7, 11) is 0. The van der Waals surface area contributed by atoms with Crippen LogP contribution in [0, 0.1) is 0 Å². The summed E-state index contributed by atoms with van der Waals surface area (Å²) in [6, 6.07) is 3.68. The predicted molar refractivity (Wildman–Crippen MR) is 76.4 cm³/mol. The van der Waals surface area contributed by atoms with E-state index in [0.717, 1.165) is 31.7 Å². The number of piperazine rings is 1. The molecule has 0 aliphatic carbocycles. The third-order valence-electron chi connectivity index (χ3n) is 3.91. The molecule has 1 amide bonds. The zero-order valence-electron chi connectivity index (χ0n) is 11.5. The van der Waals surface area contributed by atoms with Crippen LogP contribution in [-0.4, -0.2) is 54.7 Å². The molecule has 2 aliphatic rings. The summed E-state index contributed by atoms with van der Waals surface area (Å²) in [5.41, 5.74) is 6.63. The second-order valence-electron chi connectivity index (χ2n) is 5.23. The minimum Gasteiger partial charge on any atom is -0.396 e. The summed E-state index contributed by atoms with van der Waals surface area (Å²) in [4.78, 5) is 20.6. The predicted octanol–water partition coefficient (Wildman–Crippen LogP) is 0.491. The highest BCUT2D eigenvalue weighted by atomic mass is 16.5. The number of hydrogen-bond donors (Lipinski definition) is 1. The van der Waals surface area contributed by atoms with Crippen molar-refractivity contribution < 1.29 is 9.53 Å². The van der Waals surface area contributed by atoms with E-state index in [1.807, 2.05) is 17.0 Å². The molecule has 0 bridgehead atoms. The first-order valence-electron chi connectivity index (χ1n) is 7.11. The molecule has 0 radical (unpaired) electrons. The molecule has 1 aromatic rings. The molecule has 3 rings (SSSR count). The number of carbonyl (C=O) groups is 1. The van der Waals surface area contributed by atoms with Gasteiger partial charge in [-0.15, -0.1) is 0 Å². The average molecular weight is 276 g/mol. The van der Waals surface area contributed by atoms with E-state index in [2.05, 4.69) is 9.88 Å². The highest BCUT2D eigenvalue weighted by Crippen LogP contribution is 2.21. The largest absolute Gasteiger partial charge is 0.396 e. The SMILES string of the molecule is Nc1cccnc1N1CCN(C(=O)C2CCCO2)CC1. The Morgan fingerprint density at radius 3 is 2.80 bits per heavy atom. The van der Waals surface area contributed by atoms with Crippen molar-refractivity contribution in [2.24, 2.45) is 0 Å². The molecule has 2 fully saturated rings. The summed E-state index contributed by atoms with van der Waals surface area (Å²) in [6.07, 6.45) is 3.37. The molecule has 0 spiro atoms. The molecule has 2 aliphatic heterocycles. The van der Waals surface area contributed by atoms with Crippen LogP contribution in [0.15, 0.2) is 18.3 Å². The molecule has 1 atom stereocenters. The Hall–Kier alpha value is -1.82. The van der Waals surface area contributed by atoms with Gasteiger partial charge in [-0.25, -0.2) is 4.98 Å². The van der Waals surface area contributed by atoms with Crippen LogP contribution < -0.4 is 10.6 Å². The lowest BCUT2D eigenvalue weighted by atomic mass is 10.2. The molecule has 6 nitrogen and oxygen atoms in total. The van der Waals surface area contributed by atoms with Gasteiger partial charge in [0.2, 0.25) is 0 Å². The summed E-state index contributed by atoms with van der Waals surface area (Å²) in [5.74, 6) is 0.952. The maximum Gasteiger partial charge on any atom is 0.251 e. The van der Waals surface area contributed by atoms with Gasteiger partial charge in [-0.1, -0.05) is 0 Å². The number of hydrogen-bond acceptors (Lipinski definition) is 5. The number of rotatable bonds is 2. The monoisotopic (exact) mass is 276 g/mol. The van der Waals surface area contributed by atoms with E-state index in [1.54, 1.807) is 6.20 Å². The van der Waals surface area contributed by atoms with Crippen LogP contribution in [0.25, 0.3) is 0 Å². The third kappa shape index (κ3) is 2.56. The lowest BCUT2D eigenvalue weighted by Gasteiger charge is -2.36. The fourth-order valence-electron chi connectivity index (χ4n) is 2.79. The van der Waals surface area contributed by atoms with E-state index in [1.165, 1.54) is 0 Å². The van der Waals surface area contributed by atoms with Crippen molar-refractivity contribution >= 4 is 17.4 Å². The Morgan fingerprint density at radius 1 is 1.35 bits per heavy atom. The Kier molecular flexibility index (Phi) is 3.73. The molecule has 0 saturated carbocycles. The fraction of sp³-hybridized carbons (Fsp3) is 0.571. The number of aromatic nitrogens is 1. The molecule has 2 N–H and O–H groups in total. The topological polar surface area (TPSA) is 71.7 Å². The van der Waals surface area contributed by atoms with E-state index in [9.17, 15) is 4.79 Å². The van der Waals surface area contributed by atoms with Crippen molar-refractivity contribution in [1.82, 2.24) is 9.88 Å². The molecular formula is C14H20N4O2. The first kappa shape index (κ1) is 13.2. The number of ether oxygens (including phenoxy) is 1. The van der Waals surface area contributed by atoms with Crippen LogP contribution in [0.2, 0.25) is 0 Å². The molecule has 6 heteroatoms. The smallest absolute Gasteiger partial charge is 0.251 e. The number of pyridine rings is 1. The number of nitrogens with two attached hydrogens (primary N) is 1. The van der Waals surface area contributed by atoms with Crippen molar-refractivity contribution in [2.45, 2.75) is 18.9 Å². The summed E-state index contributed by atoms with van der Waals surface area (Å²) >= 11 is 0. The Bertz CT molecular complexity index is 480. The fourth-order valence-corrected chi connectivity index (χ4v) is 2.79. The molecule has 3 heterocycles. The molecule has 20 heavy (non-hydrogen) atoms. The highest BCUT2D eigenvalue weighted by molar-refractivity contribution is 5.81. The second kappa shape index (κ2) is 5.66. The van der Waals surface area contributed by atoms with Gasteiger partial charge in [-0.2, -0.15) is 0 Å². The van der Waals surface area contributed by atoms with Crippen LogP contribution >= 0.6 is 0 Å². The Labute approximate surface area is 118 Å². The van der Waals surface area contributed by atoms with Crippen molar-refractivity contribution in [1.29, 1.82) is 0 Å². The van der Waals surface area contributed by atoms with E-state index in [4.69, 9.17) is 10.5 Å². The Morgan fingerprint density at radius 2 is 2.15 bits per heavy atom. The first-order valence-corrected chi connectivity index (χ1v) is 7.11. The molecular weight excluding hydrogens is 256 g/mol. The van der Waals surface area contributed by atoms with Crippen molar-refractivity contribution in [3.8, 4) is 0 Å². The van der Waals surface area contributed by atoms with Crippen LogP contribution in [-0.2, 0) is 9.53 Å². The van der Waals surface area contributed by atoms with Crippen molar-refractivity contribution in [2.75, 3.05) is 43.4 Å². The standard InChI is InChI=1S/C14H20N4O2/c15-11-3-1-5-16-13(11)17-6-8-18(9-7-17)14(19)12-4-2-10-20-12/h1,3,5,12H,2,4,6-10,15H2. The van der Waals surface area contributed by atoms with E-state index in [-0.39, 0.29) is 12.0 Å². The second-order valence-corrected chi connectivity index (χ2v) is 5.23. The van der Waals surface area contributed by atoms with E-state index < -0.39 is 0 Å². The number of amides is 1. The van der Waals surface area contributed by atoms with E-state index >= 15 is 0 Å². The van der Waals surface area contributed by atoms with Gasteiger partial charge in [0.15, 0.2) is 5.82 Å². The van der Waals surface area contributed by atoms with Crippen LogP contribution in [0.3, 0.4) is 0 Å². The maximum atomic E-state index is 12.3. The Balaban J connectivity index is 1.59. The van der Waals surface area contributed by atoms with Crippen LogP contribution in [0.1, 0.15) is 12.8 Å². The lowest BCUT2D eigenvalue weighted by Crippen LogP contribution is -2.51. The van der Waals surface area contributed by atoms with Gasteiger partial charge in [-0.3, -0.25) is 4.79 Å². The maximum absolute atomic E-state index is 12.3. The number of nitrogens with zero attached hydrogens (tertiary/aromatic N) is 3. The van der Waals surface area contributed by atoms with Gasteiger partial charge in [0.1, 0.15) is 6.10 Å². The molecule has 0 aromatic carbocycles. The highest BCUT2D eigenvalue weighted by Gasteiger charge is 2.30. The zero-order valence-corrected chi connectivity index (χ0v) is 11.5. The van der Waals surface area contributed by atoms with Gasteiger partial charge in [-0.05, 0) is 25.0 Å². The zero-order chi connectivity index (χ0) is 13.9.